The molecule has 1 heterocycles. The summed E-state index contributed by atoms with van der Waals surface area (Å²) in [5.41, 5.74) is 0.186. The normalized spacial score (nSPS) is 18.4. The average molecular weight is 329 g/mol. The molecule has 1 amide bonds. The van der Waals surface area contributed by atoms with E-state index >= 15 is 0 Å². The molecule has 4 nitrogen and oxygen atoms in total. The molecule has 23 heavy (non-hydrogen) atoms. The Morgan fingerprint density at radius 1 is 1.26 bits per heavy atom. The highest BCUT2D eigenvalue weighted by atomic mass is 19.4. The third-order valence-corrected chi connectivity index (χ3v) is 4.20. The molecule has 1 aromatic rings. The van der Waals surface area contributed by atoms with Gasteiger partial charge in [-0.05, 0) is 43.9 Å². The molecule has 0 unspecified atom stereocenters. The first-order chi connectivity index (χ1) is 10.8. The Bertz CT molecular complexity index is 599. The number of nitrogens with zero attached hydrogens (tertiary/aromatic N) is 1. The van der Waals surface area contributed by atoms with Gasteiger partial charge in [-0.2, -0.15) is 13.2 Å². The average Bonchev–Trinajstić information content (AvgIpc) is 3.35. The topological polar surface area (TPSA) is 38.8 Å². The predicted octanol–water partition coefficient (Wildman–Crippen LogP) is 3.26. The fourth-order valence-electron chi connectivity index (χ4n) is 2.77. The van der Waals surface area contributed by atoms with Crippen LogP contribution in [0.1, 0.15) is 30.1 Å². The molecule has 126 valence electrons. The van der Waals surface area contributed by atoms with Crippen molar-refractivity contribution in [3.63, 3.8) is 0 Å². The standard InChI is InChI=1S/C16H18F3NO3/c1-10(11-2-3-11)20(9-16(17,18)19)15(21)12-4-5-13-14(8-12)23-7-6-22-13/h4-5,8,10-11H,2-3,6-7,9H2,1H3/t10-/m0/s1. The second kappa shape index (κ2) is 5.94. The third kappa shape index (κ3) is 3.71. The summed E-state index contributed by atoms with van der Waals surface area (Å²) in [7, 11) is 0. The molecule has 1 aliphatic heterocycles. The van der Waals surface area contributed by atoms with Crippen LogP contribution in [-0.4, -0.2) is 42.8 Å². The van der Waals surface area contributed by atoms with E-state index in [4.69, 9.17) is 9.47 Å². The van der Waals surface area contributed by atoms with Crippen molar-refractivity contribution in [2.75, 3.05) is 19.8 Å². The minimum absolute atomic E-state index is 0.151. The van der Waals surface area contributed by atoms with Crippen molar-refractivity contribution in [1.82, 2.24) is 4.90 Å². The highest BCUT2D eigenvalue weighted by molar-refractivity contribution is 5.95. The van der Waals surface area contributed by atoms with Crippen molar-refractivity contribution >= 4 is 5.91 Å². The van der Waals surface area contributed by atoms with Crippen LogP contribution >= 0.6 is 0 Å². The summed E-state index contributed by atoms with van der Waals surface area (Å²) in [4.78, 5) is 13.5. The number of hydrogen-bond donors (Lipinski definition) is 0. The monoisotopic (exact) mass is 329 g/mol. The van der Waals surface area contributed by atoms with Gasteiger partial charge in [0.25, 0.3) is 5.91 Å². The number of carbonyl (C=O) groups is 1. The van der Waals surface area contributed by atoms with Gasteiger partial charge in [-0.1, -0.05) is 0 Å². The van der Waals surface area contributed by atoms with Crippen molar-refractivity contribution in [3.05, 3.63) is 23.8 Å². The Labute approximate surface area is 132 Å². The number of halogens is 3. The molecule has 1 aromatic carbocycles. The summed E-state index contributed by atoms with van der Waals surface area (Å²) in [6.45, 7) is 1.21. The van der Waals surface area contributed by atoms with E-state index in [-0.39, 0.29) is 11.5 Å². The van der Waals surface area contributed by atoms with E-state index in [1.165, 1.54) is 12.1 Å². The number of benzene rings is 1. The van der Waals surface area contributed by atoms with Crippen LogP contribution in [0.2, 0.25) is 0 Å². The molecule has 0 radical (unpaired) electrons. The molecular formula is C16H18F3NO3. The van der Waals surface area contributed by atoms with Crippen molar-refractivity contribution in [1.29, 1.82) is 0 Å². The second-order valence-electron chi connectivity index (χ2n) is 5.98. The Hall–Kier alpha value is -1.92. The number of fused-ring (bicyclic) bond motifs is 1. The van der Waals surface area contributed by atoms with Gasteiger partial charge in [0.1, 0.15) is 19.8 Å². The number of alkyl halides is 3. The molecule has 2 aliphatic rings. The van der Waals surface area contributed by atoms with Crippen LogP contribution in [0, 0.1) is 5.92 Å². The first kappa shape index (κ1) is 16.0. The SMILES string of the molecule is C[C@@H](C1CC1)N(CC(F)(F)F)C(=O)c1ccc2c(c1)OCCO2. The zero-order valence-corrected chi connectivity index (χ0v) is 12.7. The maximum atomic E-state index is 12.9. The lowest BCUT2D eigenvalue weighted by Gasteiger charge is -2.30. The first-order valence-corrected chi connectivity index (χ1v) is 7.62. The summed E-state index contributed by atoms with van der Waals surface area (Å²) in [5.74, 6) is 0.427. The lowest BCUT2D eigenvalue weighted by Crippen LogP contribution is -2.45. The van der Waals surface area contributed by atoms with Crippen LogP contribution in [0.5, 0.6) is 11.5 Å². The fourth-order valence-corrected chi connectivity index (χ4v) is 2.77. The summed E-state index contributed by atoms with van der Waals surface area (Å²) in [6, 6.07) is 4.07. The van der Waals surface area contributed by atoms with Gasteiger partial charge < -0.3 is 14.4 Å². The molecule has 1 atom stereocenters. The Kier molecular flexibility index (Phi) is 4.12. The van der Waals surface area contributed by atoms with Gasteiger partial charge in [0.05, 0.1) is 0 Å². The first-order valence-electron chi connectivity index (χ1n) is 7.62. The number of rotatable bonds is 4. The molecule has 1 fully saturated rings. The zero-order valence-electron chi connectivity index (χ0n) is 12.7. The summed E-state index contributed by atoms with van der Waals surface area (Å²) < 4.78 is 49.3. The molecule has 1 saturated carbocycles. The maximum absolute atomic E-state index is 12.9. The quantitative estimate of drug-likeness (QED) is 0.851. The number of ether oxygens (including phenoxy) is 2. The number of amides is 1. The van der Waals surface area contributed by atoms with E-state index < -0.39 is 24.7 Å². The molecule has 0 bridgehead atoms. The van der Waals surface area contributed by atoms with Crippen LogP contribution in [0.3, 0.4) is 0 Å². The second-order valence-corrected chi connectivity index (χ2v) is 5.98. The van der Waals surface area contributed by atoms with Crippen molar-refractivity contribution in [2.45, 2.75) is 32.0 Å². The molecule has 0 spiro atoms. The molecular weight excluding hydrogens is 311 g/mol. The van der Waals surface area contributed by atoms with Gasteiger partial charge in [-0.25, -0.2) is 0 Å². The van der Waals surface area contributed by atoms with Crippen molar-refractivity contribution in [2.24, 2.45) is 5.92 Å². The van der Waals surface area contributed by atoms with Gasteiger partial charge in [0.15, 0.2) is 11.5 Å². The van der Waals surface area contributed by atoms with E-state index in [0.29, 0.717) is 24.7 Å². The van der Waals surface area contributed by atoms with Crippen LogP contribution in [0.4, 0.5) is 13.2 Å². The maximum Gasteiger partial charge on any atom is 0.406 e. The largest absolute Gasteiger partial charge is 0.486 e. The minimum Gasteiger partial charge on any atom is -0.486 e. The van der Waals surface area contributed by atoms with Gasteiger partial charge >= 0.3 is 6.18 Å². The molecule has 1 aliphatic carbocycles. The highest BCUT2D eigenvalue weighted by Gasteiger charge is 2.40. The van der Waals surface area contributed by atoms with Crippen LogP contribution < -0.4 is 9.47 Å². The Morgan fingerprint density at radius 3 is 2.52 bits per heavy atom. The Balaban J connectivity index is 1.84. The van der Waals surface area contributed by atoms with E-state index in [1.54, 1.807) is 13.0 Å². The summed E-state index contributed by atoms with van der Waals surface area (Å²) in [6.07, 6.45) is -2.69. The van der Waals surface area contributed by atoms with Gasteiger partial charge in [-0.3, -0.25) is 4.79 Å². The zero-order chi connectivity index (χ0) is 16.6. The lowest BCUT2D eigenvalue weighted by atomic mass is 10.1. The predicted molar refractivity (Wildman–Crippen MR) is 76.7 cm³/mol. The van der Waals surface area contributed by atoms with Gasteiger partial charge in [0, 0.05) is 11.6 Å². The van der Waals surface area contributed by atoms with Crippen molar-refractivity contribution < 1.29 is 27.4 Å². The van der Waals surface area contributed by atoms with Crippen LogP contribution in [0.25, 0.3) is 0 Å². The van der Waals surface area contributed by atoms with E-state index in [1.807, 2.05) is 0 Å². The van der Waals surface area contributed by atoms with E-state index in [0.717, 1.165) is 17.7 Å². The van der Waals surface area contributed by atoms with E-state index in [9.17, 15) is 18.0 Å². The smallest absolute Gasteiger partial charge is 0.406 e. The number of hydrogen-bond acceptors (Lipinski definition) is 3. The molecule has 0 saturated heterocycles. The molecule has 0 N–H and O–H groups in total. The molecule has 0 aromatic heterocycles. The minimum atomic E-state index is -4.42. The third-order valence-electron chi connectivity index (χ3n) is 4.20. The van der Waals surface area contributed by atoms with Crippen LogP contribution in [-0.2, 0) is 0 Å². The number of carbonyl (C=O) groups excluding carboxylic acids is 1. The summed E-state index contributed by atoms with van der Waals surface area (Å²) >= 11 is 0. The van der Waals surface area contributed by atoms with Crippen LogP contribution in [0.15, 0.2) is 18.2 Å². The fraction of sp³-hybridized carbons (Fsp3) is 0.562. The Morgan fingerprint density at radius 2 is 1.91 bits per heavy atom. The summed E-state index contributed by atoms with van der Waals surface area (Å²) in [5, 5.41) is 0. The lowest BCUT2D eigenvalue weighted by molar-refractivity contribution is -0.144. The van der Waals surface area contributed by atoms with Crippen molar-refractivity contribution in [3.8, 4) is 11.5 Å². The van der Waals surface area contributed by atoms with E-state index in [2.05, 4.69) is 0 Å². The highest BCUT2D eigenvalue weighted by Crippen LogP contribution is 2.37. The molecule has 7 heteroatoms. The van der Waals surface area contributed by atoms with Gasteiger partial charge in [0.2, 0.25) is 0 Å². The molecule has 3 rings (SSSR count). The van der Waals surface area contributed by atoms with Gasteiger partial charge in [-0.15, -0.1) is 0 Å².